The molecule has 0 saturated carbocycles. The van der Waals surface area contributed by atoms with E-state index < -0.39 is 36.2 Å². The van der Waals surface area contributed by atoms with Crippen LogP contribution in [0.5, 0.6) is 0 Å². The largest absolute Gasteiger partial charge is 0.445 e. The number of carbonyl (C=O) groups is 1. The molecular formula is C24H31NO7. The Bertz CT molecular complexity index is 831. The van der Waals surface area contributed by atoms with E-state index in [2.05, 4.69) is 5.32 Å². The molecule has 0 unspecified atom stereocenters. The molecule has 0 bridgehead atoms. The first-order valence-electron chi connectivity index (χ1n) is 10.6. The molecule has 1 amide bonds. The summed E-state index contributed by atoms with van der Waals surface area (Å²) in [5.74, 6) is -0.854. The van der Waals surface area contributed by atoms with Gasteiger partial charge in [0, 0.05) is 0 Å². The minimum atomic E-state index is -1.36. The fourth-order valence-electron chi connectivity index (χ4n) is 3.36. The molecule has 1 aliphatic rings. The molecule has 2 aromatic carbocycles. The van der Waals surface area contributed by atoms with Crippen molar-refractivity contribution in [3.63, 3.8) is 0 Å². The normalized spacial score (nSPS) is 20.3. The van der Waals surface area contributed by atoms with Crippen molar-refractivity contribution in [3.05, 3.63) is 71.8 Å². The van der Waals surface area contributed by atoms with Crippen LogP contribution in [0.2, 0.25) is 0 Å². The molecule has 1 saturated heterocycles. The molecule has 4 atom stereocenters. The minimum absolute atomic E-state index is 0.0372. The Morgan fingerprint density at radius 1 is 1.06 bits per heavy atom. The van der Waals surface area contributed by atoms with Crippen LogP contribution in [0.4, 0.5) is 4.79 Å². The Labute approximate surface area is 188 Å². The first-order chi connectivity index (χ1) is 15.3. The van der Waals surface area contributed by atoms with Crippen molar-refractivity contribution in [1.82, 2.24) is 5.32 Å². The predicted molar refractivity (Wildman–Crippen MR) is 117 cm³/mol. The number of aliphatic hydroxyl groups is 2. The number of amides is 1. The Morgan fingerprint density at radius 2 is 1.66 bits per heavy atom. The van der Waals surface area contributed by atoms with E-state index in [1.807, 2.05) is 60.7 Å². The smallest absolute Gasteiger partial charge is 0.407 e. The van der Waals surface area contributed by atoms with E-state index in [9.17, 15) is 15.0 Å². The summed E-state index contributed by atoms with van der Waals surface area (Å²) in [7, 11) is 0. The van der Waals surface area contributed by atoms with Gasteiger partial charge in [0.1, 0.15) is 24.9 Å². The molecule has 1 aliphatic heterocycles. The molecule has 3 rings (SSSR count). The van der Waals surface area contributed by atoms with Crippen LogP contribution in [-0.4, -0.2) is 59.7 Å². The standard InChI is InChI=1S/C24H31NO7/c1-24(2)31-16-20(32-24)22(27)21(26)19(15-29-13-17-9-5-3-6-10-17)25-23(28)30-14-18-11-7-4-8-12-18/h3-12,19-22,26-27H,13-16H2,1-2H3,(H,25,28)/t19-,20-,21-,22-/m1/s1. The van der Waals surface area contributed by atoms with Crippen LogP contribution < -0.4 is 5.32 Å². The van der Waals surface area contributed by atoms with E-state index in [4.69, 9.17) is 18.9 Å². The topological polar surface area (TPSA) is 106 Å². The quantitative estimate of drug-likeness (QED) is 0.515. The number of aliphatic hydroxyl groups excluding tert-OH is 2. The minimum Gasteiger partial charge on any atom is -0.445 e. The van der Waals surface area contributed by atoms with Crippen LogP contribution in [0.3, 0.4) is 0 Å². The fraction of sp³-hybridized carbons (Fsp3) is 0.458. The Morgan fingerprint density at radius 3 is 2.22 bits per heavy atom. The van der Waals surface area contributed by atoms with Gasteiger partial charge in [-0.05, 0) is 25.0 Å². The molecule has 8 nitrogen and oxygen atoms in total. The summed E-state index contributed by atoms with van der Waals surface area (Å²) in [5, 5.41) is 24.1. The van der Waals surface area contributed by atoms with E-state index in [-0.39, 0.29) is 26.4 Å². The summed E-state index contributed by atoms with van der Waals surface area (Å²) in [6.45, 7) is 3.91. The molecule has 1 fully saturated rings. The number of nitrogens with one attached hydrogen (secondary N) is 1. The number of alkyl carbamates (subject to hydrolysis) is 1. The molecule has 1 heterocycles. The summed E-state index contributed by atoms with van der Waals surface area (Å²) in [4.78, 5) is 12.4. The molecular weight excluding hydrogens is 414 g/mol. The summed E-state index contributed by atoms with van der Waals surface area (Å²) < 4.78 is 22.1. The maximum atomic E-state index is 12.4. The lowest BCUT2D eigenvalue weighted by Gasteiger charge is -2.30. The van der Waals surface area contributed by atoms with Crippen molar-refractivity contribution in [2.75, 3.05) is 13.2 Å². The van der Waals surface area contributed by atoms with Gasteiger partial charge < -0.3 is 34.5 Å². The van der Waals surface area contributed by atoms with E-state index in [1.54, 1.807) is 13.8 Å². The van der Waals surface area contributed by atoms with Gasteiger partial charge in [-0.15, -0.1) is 0 Å². The highest BCUT2D eigenvalue weighted by molar-refractivity contribution is 5.67. The molecule has 174 valence electrons. The van der Waals surface area contributed by atoms with Crippen LogP contribution in [0.1, 0.15) is 25.0 Å². The zero-order chi connectivity index (χ0) is 23.0. The van der Waals surface area contributed by atoms with Crippen molar-refractivity contribution < 1.29 is 34.0 Å². The van der Waals surface area contributed by atoms with Crippen LogP contribution >= 0.6 is 0 Å². The highest BCUT2D eigenvalue weighted by Crippen LogP contribution is 2.26. The van der Waals surface area contributed by atoms with E-state index in [1.165, 1.54) is 0 Å². The molecule has 0 spiro atoms. The lowest BCUT2D eigenvalue weighted by Crippen LogP contribution is -2.54. The van der Waals surface area contributed by atoms with Crippen molar-refractivity contribution >= 4 is 6.09 Å². The number of hydrogen-bond donors (Lipinski definition) is 3. The van der Waals surface area contributed by atoms with E-state index in [0.29, 0.717) is 0 Å². The first-order valence-corrected chi connectivity index (χ1v) is 10.6. The number of benzene rings is 2. The van der Waals surface area contributed by atoms with Gasteiger partial charge in [0.25, 0.3) is 0 Å². The third-order valence-corrected chi connectivity index (χ3v) is 5.10. The number of carbonyl (C=O) groups excluding carboxylic acids is 1. The third-order valence-electron chi connectivity index (χ3n) is 5.10. The Kier molecular flexibility index (Phi) is 8.60. The van der Waals surface area contributed by atoms with Gasteiger partial charge >= 0.3 is 6.09 Å². The molecule has 0 aromatic heterocycles. The molecule has 8 heteroatoms. The van der Waals surface area contributed by atoms with Gasteiger partial charge in [-0.3, -0.25) is 0 Å². The van der Waals surface area contributed by atoms with Gasteiger partial charge in [0.2, 0.25) is 0 Å². The molecule has 3 N–H and O–H groups in total. The van der Waals surface area contributed by atoms with Crippen molar-refractivity contribution in [3.8, 4) is 0 Å². The maximum absolute atomic E-state index is 12.4. The summed E-state index contributed by atoms with van der Waals surface area (Å²) >= 11 is 0. The lowest BCUT2D eigenvalue weighted by atomic mass is 10.0. The van der Waals surface area contributed by atoms with Crippen LogP contribution in [0, 0.1) is 0 Å². The van der Waals surface area contributed by atoms with Gasteiger partial charge in [-0.2, -0.15) is 0 Å². The third kappa shape index (κ3) is 7.29. The van der Waals surface area contributed by atoms with Gasteiger partial charge in [-0.25, -0.2) is 4.79 Å². The second-order valence-corrected chi connectivity index (χ2v) is 8.16. The second-order valence-electron chi connectivity index (χ2n) is 8.16. The summed E-state index contributed by atoms with van der Waals surface area (Å²) in [6.07, 6.45) is -4.12. The van der Waals surface area contributed by atoms with Crippen molar-refractivity contribution in [2.24, 2.45) is 0 Å². The SMILES string of the molecule is CC1(C)OC[C@H]([C@@H](O)[C@H](O)[C@@H](COCc2ccccc2)NC(=O)OCc2ccccc2)O1. The highest BCUT2D eigenvalue weighted by atomic mass is 16.7. The molecule has 32 heavy (non-hydrogen) atoms. The second kappa shape index (κ2) is 11.4. The first kappa shape index (κ1) is 24.2. The Balaban J connectivity index is 1.59. The molecule has 2 aromatic rings. The number of ether oxygens (including phenoxy) is 4. The summed E-state index contributed by atoms with van der Waals surface area (Å²) in [6, 6.07) is 17.8. The number of hydrogen-bond acceptors (Lipinski definition) is 7. The lowest BCUT2D eigenvalue weighted by molar-refractivity contribution is -0.163. The maximum Gasteiger partial charge on any atom is 0.407 e. The molecule has 0 radical (unpaired) electrons. The zero-order valence-corrected chi connectivity index (χ0v) is 18.3. The van der Waals surface area contributed by atoms with Gasteiger partial charge in [-0.1, -0.05) is 60.7 Å². The highest BCUT2D eigenvalue weighted by Gasteiger charge is 2.42. The van der Waals surface area contributed by atoms with Crippen LogP contribution in [0.25, 0.3) is 0 Å². The zero-order valence-electron chi connectivity index (χ0n) is 18.3. The monoisotopic (exact) mass is 445 g/mol. The van der Waals surface area contributed by atoms with Crippen LogP contribution in [-0.2, 0) is 32.2 Å². The van der Waals surface area contributed by atoms with Crippen molar-refractivity contribution in [2.45, 2.75) is 57.2 Å². The molecule has 0 aliphatic carbocycles. The Hall–Kier alpha value is -2.49. The van der Waals surface area contributed by atoms with E-state index >= 15 is 0 Å². The number of rotatable bonds is 10. The average molecular weight is 446 g/mol. The fourth-order valence-corrected chi connectivity index (χ4v) is 3.36. The van der Waals surface area contributed by atoms with Gasteiger partial charge in [0.05, 0.1) is 25.9 Å². The average Bonchev–Trinajstić information content (AvgIpc) is 3.17. The van der Waals surface area contributed by atoms with Crippen LogP contribution in [0.15, 0.2) is 60.7 Å². The van der Waals surface area contributed by atoms with Gasteiger partial charge in [0.15, 0.2) is 5.79 Å². The van der Waals surface area contributed by atoms with Crippen molar-refractivity contribution in [1.29, 1.82) is 0 Å². The predicted octanol–water partition coefficient (Wildman–Crippen LogP) is 2.37. The summed E-state index contributed by atoms with van der Waals surface area (Å²) in [5.41, 5.74) is 1.78. The van der Waals surface area contributed by atoms with E-state index in [0.717, 1.165) is 11.1 Å².